The highest BCUT2D eigenvalue weighted by Crippen LogP contribution is 2.72. The van der Waals surface area contributed by atoms with Gasteiger partial charge in [-0.3, -0.25) is 0 Å². The van der Waals surface area contributed by atoms with Crippen molar-refractivity contribution in [2.24, 2.45) is 46.3 Å². The molecule has 3 saturated carbocycles. The Balaban J connectivity index is 1.45. The summed E-state index contributed by atoms with van der Waals surface area (Å²) in [6, 6.07) is 0. The quantitative estimate of drug-likeness (QED) is 0.412. The smallest absolute Gasteiger partial charge is 0.130 e. The van der Waals surface area contributed by atoms with Crippen LogP contribution in [-0.2, 0) is 9.78 Å². The van der Waals surface area contributed by atoms with Gasteiger partial charge >= 0.3 is 0 Å². The van der Waals surface area contributed by atoms with E-state index in [1.165, 1.54) is 25.7 Å². The molecule has 2 aliphatic heterocycles. The molecule has 6 aliphatic rings. The van der Waals surface area contributed by atoms with Crippen LogP contribution in [0.5, 0.6) is 0 Å². The topological polar surface area (TPSA) is 38.7 Å². The minimum Gasteiger partial charge on any atom is -0.393 e. The molecule has 0 radical (unpaired) electrons. The molecule has 0 amide bonds. The van der Waals surface area contributed by atoms with Crippen LogP contribution in [0.4, 0.5) is 0 Å². The zero-order chi connectivity index (χ0) is 22.2. The first-order valence-electron chi connectivity index (χ1n) is 13.0. The Morgan fingerprint density at radius 2 is 1.68 bits per heavy atom. The Bertz CT molecular complexity index is 772. The van der Waals surface area contributed by atoms with Gasteiger partial charge in [0.05, 0.1) is 6.10 Å². The Morgan fingerprint density at radius 3 is 2.35 bits per heavy atom. The van der Waals surface area contributed by atoms with Gasteiger partial charge in [0.1, 0.15) is 11.2 Å². The lowest BCUT2D eigenvalue weighted by atomic mass is 9.43. The van der Waals surface area contributed by atoms with Crippen LogP contribution in [-0.4, -0.2) is 22.4 Å². The summed E-state index contributed by atoms with van der Waals surface area (Å²) in [4.78, 5) is 12.8. The first kappa shape index (κ1) is 22.2. The molecule has 3 nitrogen and oxygen atoms in total. The Morgan fingerprint density at radius 1 is 0.903 bits per heavy atom. The third-order valence-electron chi connectivity index (χ3n) is 11.1. The van der Waals surface area contributed by atoms with Crippen LogP contribution >= 0.6 is 0 Å². The maximum atomic E-state index is 10.4. The normalized spacial score (nSPS) is 52.8. The van der Waals surface area contributed by atoms with Crippen molar-refractivity contribution in [3.05, 3.63) is 24.3 Å². The van der Waals surface area contributed by atoms with Crippen molar-refractivity contribution < 1.29 is 14.9 Å². The lowest BCUT2D eigenvalue weighted by molar-refractivity contribution is -0.497. The second-order valence-corrected chi connectivity index (χ2v) is 12.7. The summed E-state index contributed by atoms with van der Waals surface area (Å²) >= 11 is 0. The summed E-state index contributed by atoms with van der Waals surface area (Å²) < 4.78 is 0. The van der Waals surface area contributed by atoms with Crippen LogP contribution in [0.3, 0.4) is 0 Å². The van der Waals surface area contributed by atoms with Gasteiger partial charge in [-0.25, -0.2) is 9.78 Å². The van der Waals surface area contributed by atoms with E-state index in [2.05, 4.69) is 65.8 Å². The molecule has 4 aliphatic carbocycles. The zero-order valence-corrected chi connectivity index (χ0v) is 20.6. The van der Waals surface area contributed by atoms with Crippen molar-refractivity contribution in [1.82, 2.24) is 0 Å². The van der Waals surface area contributed by atoms with Gasteiger partial charge in [-0.15, -0.1) is 0 Å². The van der Waals surface area contributed by atoms with Crippen molar-refractivity contribution in [1.29, 1.82) is 0 Å². The molecule has 6 rings (SSSR count). The van der Waals surface area contributed by atoms with Crippen molar-refractivity contribution in [2.45, 2.75) is 104 Å². The van der Waals surface area contributed by atoms with Crippen LogP contribution in [0, 0.1) is 46.3 Å². The fraction of sp³-hybridized carbons (Fsp3) is 0.857. The first-order valence-corrected chi connectivity index (χ1v) is 13.0. The van der Waals surface area contributed by atoms with Crippen molar-refractivity contribution in [3.8, 4) is 0 Å². The fourth-order valence-electron chi connectivity index (χ4n) is 8.71. The number of hydrogen-bond donors (Lipinski definition) is 1. The molecule has 2 bridgehead atoms. The Labute approximate surface area is 189 Å². The maximum absolute atomic E-state index is 10.4. The van der Waals surface area contributed by atoms with Gasteiger partial charge in [-0.1, -0.05) is 59.8 Å². The number of rotatable bonds is 4. The van der Waals surface area contributed by atoms with E-state index in [9.17, 15) is 5.11 Å². The molecule has 31 heavy (non-hydrogen) atoms. The average Bonchev–Trinajstić information content (AvgIpc) is 3.09. The molecule has 174 valence electrons. The molecule has 0 aromatic rings. The number of hydrogen-bond acceptors (Lipinski definition) is 3. The highest BCUT2D eigenvalue weighted by atomic mass is 17.2. The predicted molar refractivity (Wildman–Crippen MR) is 124 cm³/mol. The van der Waals surface area contributed by atoms with E-state index >= 15 is 0 Å². The lowest BCUT2D eigenvalue weighted by Crippen LogP contribution is -2.73. The number of aliphatic hydroxyl groups is 1. The number of fused-ring (bicyclic) bond motifs is 2. The van der Waals surface area contributed by atoms with Crippen molar-refractivity contribution in [2.75, 3.05) is 0 Å². The Kier molecular flexibility index (Phi) is 5.13. The monoisotopic (exact) mass is 428 g/mol. The molecule has 1 N–H and O–H groups in total. The second-order valence-electron chi connectivity index (χ2n) is 12.7. The number of aliphatic hydroxyl groups excluding tert-OH is 1. The van der Waals surface area contributed by atoms with Gasteiger partial charge in [0.2, 0.25) is 0 Å². The SMILES string of the molecule is CC(C)[C@@H](C)/C=C/[C@@H](C)[C@@H]1CC[C@@H]2[C@]1(C)CC[C@H]1[C@]23C=C[C@]2(C[C@@H](O)CC[C@@]12C)OO3. The van der Waals surface area contributed by atoms with E-state index in [4.69, 9.17) is 9.78 Å². The molecule has 0 aromatic heterocycles. The summed E-state index contributed by atoms with van der Waals surface area (Å²) in [7, 11) is 0. The van der Waals surface area contributed by atoms with Gasteiger partial charge in [-0.05, 0) is 73.7 Å². The van der Waals surface area contributed by atoms with E-state index in [-0.39, 0.29) is 22.5 Å². The minimum absolute atomic E-state index is 0.0663. The summed E-state index contributed by atoms with van der Waals surface area (Å²) in [6.07, 6.45) is 17.0. The molecule has 0 aromatic carbocycles. The predicted octanol–water partition coefficient (Wildman–Crippen LogP) is 6.47. The molecule has 2 spiro atoms. The van der Waals surface area contributed by atoms with Gasteiger partial charge in [-0.2, -0.15) is 0 Å². The molecule has 4 fully saturated rings. The van der Waals surface area contributed by atoms with E-state index in [0.717, 1.165) is 12.8 Å². The van der Waals surface area contributed by atoms with Crippen LogP contribution in [0.2, 0.25) is 0 Å². The standard InChI is InChI=1S/C28H44O3/c1-18(2)19(3)7-8-20(4)22-9-10-23-25(22,5)13-12-24-26(6)14-11-21(29)17-27(26)15-16-28(23,24)31-30-27/h7-8,15-16,18-24,29H,9-14,17H2,1-6H3/b8-7+/t19-,20+,21-,22-,23+,24+,25+,26-,27+,28-/m0/s1. The van der Waals surface area contributed by atoms with Gasteiger partial charge in [0.15, 0.2) is 0 Å². The first-order chi connectivity index (χ1) is 14.6. The van der Waals surface area contributed by atoms with Gasteiger partial charge in [0.25, 0.3) is 0 Å². The minimum atomic E-state index is -0.439. The van der Waals surface area contributed by atoms with E-state index < -0.39 is 5.60 Å². The van der Waals surface area contributed by atoms with Gasteiger partial charge < -0.3 is 5.11 Å². The van der Waals surface area contributed by atoms with Crippen LogP contribution in [0.1, 0.15) is 86.5 Å². The van der Waals surface area contributed by atoms with E-state index in [0.29, 0.717) is 41.9 Å². The average molecular weight is 429 g/mol. The zero-order valence-electron chi connectivity index (χ0n) is 20.6. The largest absolute Gasteiger partial charge is 0.393 e. The summed E-state index contributed by atoms with van der Waals surface area (Å²) in [5, 5.41) is 10.4. The van der Waals surface area contributed by atoms with Gasteiger partial charge in [0, 0.05) is 23.7 Å². The highest BCUT2D eigenvalue weighted by molar-refractivity contribution is 5.33. The fourth-order valence-corrected chi connectivity index (χ4v) is 8.71. The van der Waals surface area contributed by atoms with Crippen molar-refractivity contribution in [3.63, 3.8) is 0 Å². The third-order valence-corrected chi connectivity index (χ3v) is 11.1. The highest BCUT2D eigenvalue weighted by Gasteiger charge is 2.74. The van der Waals surface area contributed by atoms with Crippen LogP contribution in [0.25, 0.3) is 0 Å². The maximum Gasteiger partial charge on any atom is 0.130 e. The summed E-state index contributed by atoms with van der Waals surface area (Å²) in [6.45, 7) is 14.4. The third kappa shape index (κ3) is 2.88. The van der Waals surface area contributed by atoms with Crippen molar-refractivity contribution >= 4 is 0 Å². The molecule has 0 unspecified atom stereocenters. The molecular weight excluding hydrogens is 384 g/mol. The van der Waals surface area contributed by atoms with Crippen LogP contribution in [0.15, 0.2) is 24.3 Å². The molecular formula is C28H44O3. The van der Waals surface area contributed by atoms with E-state index in [1.54, 1.807) is 0 Å². The number of allylic oxidation sites excluding steroid dienone is 2. The Hall–Kier alpha value is -0.640. The second kappa shape index (κ2) is 7.18. The van der Waals surface area contributed by atoms with Crippen LogP contribution < -0.4 is 0 Å². The molecule has 10 atom stereocenters. The summed E-state index contributed by atoms with van der Waals surface area (Å²) in [5.74, 6) is 3.64. The molecule has 2 heterocycles. The summed E-state index contributed by atoms with van der Waals surface area (Å²) in [5.41, 5.74) is -0.366. The lowest BCUT2D eigenvalue weighted by Gasteiger charge is -2.69. The molecule has 3 heteroatoms. The molecule has 1 saturated heterocycles. The van der Waals surface area contributed by atoms with E-state index in [1.807, 2.05) is 0 Å².